The highest BCUT2D eigenvalue weighted by molar-refractivity contribution is 5.88. The number of carbonyl (C=O) groups is 2. The summed E-state index contributed by atoms with van der Waals surface area (Å²) < 4.78 is 9.75. The fourth-order valence-corrected chi connectivity index (χ4v) is 6.47. The first-order valence-electron chi connectivity index (χ1n) is 13.4. The van der Waals surface area contributed by atoms with Crippen molar-refractivity contribution in [2.75, 3.05) is 13.6 Å². The summed E-state index contributed by atoms with van der Waals surface area (Å²) in [7, 11) is 0. The van der Waals surface area contributed by atoms with E-state index in [2.05, 4.69) is 13.2 Å². The summed E-state index contributed by atoms with van der Waals surface area (Å²) in [6.45, 7) is 6.80. The predicted octanol–water partition coefficient (Wildman–Crippen LogP) is 5.96. The fraction of sp³-hybridized carbons (Fsp3) is 0.786. The van der Waals surface area contributed by atoms with E-state index in [9.17, 15) is 9.59 Å². The first-order chi connectivity index (χ1) is 16.4. The van der Waals surface area contributed by atoms with E-state index in [1.54, 1.807) is 0 Å². The first-order valence-corrected chi connectivity index (χ1v) is 13.4. The van der Waals surface area contributed by atoms with Gasteiger partial charge in [-0.3, -0.25) is 0 Å². The van der Waals surface area contributed by atoms with Gasteiger partial charge in [0.2, 0.25) is 0 Å². The predicted molar refractivity (Wildman–Crippen MR) is 133 cm³/mol. The molecule has 6 nitrogen and oxygen atoms in total. The second-order valence-electron chi connectivity index (χ2n) is 10.3. The number of aliphatic hydroxyl groups excluding tert-OH is 2. The summed E-state index contributed by atoms with van der Waals surface area (Å²) in [5.74, 6) is -0.505. The average Bonchev–Trinajstić information content (AvgIpc) is 3.01. The molecule has 2 atom stereocenters. The monoisotopic (exact) mass is 478 g/mol. The van der Waals surface area contributed by atoms with Crippen LogP contribution in [0.15, 0.2) is 24.3 Å². The molecule has 0 aromatic rings. The van der Waals surface area contributed by atoms with E-state index < -0.39 is 25.5 Å². The molecule has 0 saturated heterocycles. The van der Waals surface area contributed by atoms with Crippen LogP contribution in [0, 0.1) is 17.3 Å². The normalized spacial score (nSPS) is 25.4. The summed E-state index contributed by atoms with van der Waals surface area (Å²) in [4.78, 5) is 24.9. The van der Waals surface area contributed by atoms with Gasteiger partial charge in [0.05, 0.1) is 0 Å². The third-order valence-corrected chi connectivity index (χ3v) is 8.18. The Balaban J connectivity index is 2.46. The molecule has 2 unspecified atom stereocenters. The number of esters is 2. The quantitative estimate of drug-likeness (QED) is 0.241. The second kappa shape index (κ2) is 15.4. The average molecular weight is 479 g/mol. The highest BCUT2D eigenvalue weighted by Gasteiger charge is 2.45. The zero-order chi connectivity index (χ0) is 24.8. The van der Waals surface area contributed by atoms with Crippen molar-refractivity contribution in [2.24, 2.45) is 17.3 Å². The minimum absolute atomic E-state index is 0.161. The Bertz CT molecular complexity index is 662. The molecule has 194 valence electrons. The third kappa shape index (κ3) is 8.53. The van der Waals surface area contributed by atoms with Crippen LogP contribution in [0.5, 0.6) is 0 Å². The van der Waals surface area contributed by atoms with Gasteiger partial charge in [-0.25, -0.2) is 9.59 Å². The molecule has 0 radical (unpaired) electrons. The van der Waals surface area contributed by atoms with Gasteiger partial charge in [0.1, 0.15) is 0 Å². The van der Waals surface area contributed by atoms with Crippen LogP contribution < -0.4 is 0 Å². The van der Waals surface area contributed by atoms with Crippen molar-refractivity contribution >= 4 is 11.9 Å². The Hall–Kier alpha value is -1.66. The Morgan fingerprint density at radius 2 is 1.18 bits per heavy atom. The van der Waals surface area contributed by atoms with E-state index in [0.29, 0.717) is 29.9 Å². The van der Waals surface area contributed by atoms with Crippen molar-refractivity contribution in [3.05, 3.63) is 24.3 Å². The smallest absolute Gasteiger partial charge is 0.335 e. The van der Waals surface area contributed by atoms with Crippen molar-refractivity contribution in [2.45, 2.75) is 109 Å². The molecule has 0 aromatic heterocycles. The molecule has 0 aromatic carbocycles. The van der Waals surface area contributed by atoms with Gasteiger partial charge in [0.25, 0.3) is 0 Å². The van der Waals surface area contributed by atoms with Crippen molar-refractivity contribution in [3.63, 3.8) is 0 Å². The van der Waals surface area contributed by atoms with E-state index in [1.807, 2.05) is 0 Å². The fourth-order valence-electron chi connectivity index (χ4n) is 6.47. The molecule has 2 aliphatic rings. The zero-order valence-electron chi connectivity index (χ0n) is 21.0. The summed E-state index contributed by atoms with van der Waals surface area (Å²) in [5.41, 5.74) is 0.596. The lowest BCUT2D eigenvalue weighted by Crippen LogP contribution is -2.40. The molecule has 34 heavy (non-hydrogen) atoms. The van der Waals surface area contributed by atoms with E-state index in [0.717, 1.165) is 44.9 Å². The minimum Gasteiger partial charge on any atom is -0.435 e. The van der Waals surface area contributed by atoms with Crippen molar-refractivity contribution in [3.8, 4) is 0 Å². The lowest BCUT2D eigenvalue weighted by molar-refractivity contribution is -0.149. The first kappa shape index (κ1) is 28.6. The molecule has 2 saturated carbocycles. The molecule has 6 heteroatoms. The lowest BCUT2D eigenvalue weighted by atomic mass is 9.56. The summed E-state index contributed by atoms with van der Waals surface area (Å²) in [5, 5.41) is 18.2. The van der Waals surface area contributed by atoms with E-state index in [-0.39, 0.29) is 11.3 Å². The van der Waals surface area contributed by atoms with Crippen LogP contribution in [0.1, 0.15) is 109 Å². The molecule has 0 aliphatic heterocycles. The molecule has 2 rings (SSSR count). The number of carbonyl (C=O) groups excluding carboxylic acids is 2. The van der Waals surface area contributed by atoms with Gasteiger partial charge >= 0.3 is 11.9 Å². The topological polar surface area (TPSA) is 93.1 Å². The van der Waals surface area contributed by atoms with Gasteiger partial charge in [-0.2, -0.15) is 0 Å². The maximum Gasteiger partial charge on any atom is 0.335 e. The highest BCUT2D eigenvalue weighted by atomic mass is 16.6. The Kier molecular flexibility index (Phi) is 12.9. The maximum atomic E-state index is 12.6. The number of hydrogen-bond acceptors (Lipinski definition) is 6. The number of aliphatic hydroxyl groups is 2. The zero-order valence-corrected chi connectivity index (χ0v) is 21.0. The number of ether oxygens (including phenoxy) is 2. The Labute approximate surface area is 205 Å². The van der Waals surface area contributed by atoms with Gasteiger partial charge in [0, 0.05) is 11.1 Å². The van der Waals surface area contributed by atoms with E-state index in [1.165, 1.54) is 51.4 Å². The highest BCUT2D eigenvalue weighted by Crippen LogP contribution is 2.54. The van der Waals surface area contributed by atoms with Crippen molar-refractivity contribution < 1.29 is 29.3 Å². The largest absolute Gasteiger partial charge is 0.435 e. The molecule has 2 aliphatic carbocycles. The van der Waals surface area contributed by atoms with Gasteiger partial charge in [-0.15, -0.1) is 0 Å². The van der Waals surface area contributed by atoms with Crippen LogP contribution in [-0.2, 0) is 19.1 Å². The van der Waals surface area contributed by atoms with Gasteiger partial charge in [-0.1, -0.05) is 83.8 Å². The number of hydrogen-bond donors (Lipinski definition) is 2. The summed E-state index contributed by atoms with van der Waals surface area (Å²) in [6, 6.07) is 0. The molecular formula is C28H46O6. The number of rotatable bonds is 9. The van der Waals surface area contributed by atoms with Crippen LogP contribution in [-0.4, -0.2) is 35.7 Å². The summed E-state index contributed by atoms with van der Waals surface area (Å²) >= 11 is 0. The van der Waals surface area contributed by atoms with Crippen LogP contribution in [0.25, 0.3) is 0 Å². The summed E-state index contributed by atoms with van der Waals surface area (Å²) in [6.07, 6.45) is 18.3. The Morgan fingerprint density at radius 1 is 0.706 bits per heavy atom. The molecule has 0 bridgehead atoms. The van der Waals surface area contributed by atoms with Crippen molar-refractivity contribution in [1.29, 1.82) is 0 Å². The minimum atomic E-state index is -0.653. The molecule has 0 amide bonds. The second-order valence-corrected chi connectivity index (χ2v) is 10.3. The van der Waals surface area contributed by atoms with Gasteiger partial charge < -0.3 is 19.7 Å². The van der Waals surface area contributed by atoms with Crippen LogP contribution in [0.2, 0.25) is 0 Å². The van der Waals surface area contributed by atoms with Gasteiger partial charge in [0.15, 0.2) is 13.6 Å². The SMILES string of the molecule is C=C(CC1CCCCCCCC1(CC(=C)C(=O)OCO)C1CCCCCCCC1)C(=O)OCO. The Morgan fingerprint density at radius 3 is 1.74 bits per heavy atom. The third-order valence-electron chi connectivity index (χ3n) is 8.18. The molecule has 2 N–H and O–H groups in total. The van der Waals surface area contributed by atoms with E-state index >= 15 is 0 Å². The maximum absolute atomic E-state index is 12.6. The van der Waals surface area contributed by atoms with Crippen LogP contribution in [0.3, 0.4) is 0 Å². The molecule has 0 heterocycles. The standard InChI is InChI=1S/C28H46O6/c1-22(26(31)33-20-29)18-25-16-12-8-5-9-13-17-28(25,19-23(2)27(32)34-21-30)24-14-10-6-3-4-7-11-15-24/h24-25,29-30H,1-21H2. The van der Waals surface area contributed by atoms with Crippen molar-refractivity contribution in [1.82, 2.24) is 0 Å². The molecular weight excluding hydrogens is 432 g/mol. The lowest BCUT2D eigenvalue weighted by Gasteiger charge is -2.48. The van der Waals surface area contributed by atoms with Crippen LogP contribution in [0.4, 0.5) is 0 Å². The van der Waals surface area contributed by atoms with Crippen LogP contribution >= 0.6 is 0 Å². The molecule has 2 fully saturated rings. The van der Waals surface area contributed by atoms with Gasteiger partial charge in [-0.05, 0) is 55.8 Å². The molecule has 0 spiro atoms. The van der Waals surface area contributed by atoms with E-state index in [4.69, 9.17) is 19.7 Å².